The molecule has 1 aromatic carbocycles. The van der Waals surface area contributed by atoms with Gasteiger partial charge in [0, 0.05) is 25.8 Å². The summed E-state index contributed by atoms with van der Waals surface area (Å²) in [5.74, 6) is -2.63. The number of benzene rings is 1. The number of carbonyl (C=O) groups is 4. The van der Waals surface area contributed by atoms with Gasteiger partial charge in [-0.15, -0.1) is 0 Å². The molecule has 0 unspecified atom stereocenters. The van der Waals surface area contributed by atoms with Gasteiger partial charge in [-0.2, -0.15) is 0 Å². The Kier molecular flexibility index (Phi) is 35.6. The minimum absolute atomic E-state index is 0.0721. The molecular formula is C55H97N3O9. The van der Waals surface area contributed by atoms with Crippen LogP contribution in [0.5, 0.6) is 0 Å². The van der Waals surface area contributed by atoms with Gasteiger partial charge in [0.05, 0.1) is 13.0 Å². The first-order chi connectivity index (χ1) is 32.6. The van der Waals surface area contributed by atoms with E-state index in [1.807, 2.05) is 6.07 Å². The van der Waals surface area contributed by atoms with Crippen molar-refractivity contribution in [3.05, 3.63) is 35.9 Å². The first-order valence-corrected chi connectivity index (χ1v) is 27.4. The highest BCUT2D eigenvalue weighted by molar-refractivity contribution is 5.89. The van der Waals surface area contributed by atoms with E-state index in [-0.39, 0.29) is 25.2 Å². The Morgan fingerprint density at radius 1 is 0.582 bits per heavy atom. The maximum Gasteiger partial charge on any atom is 0.303 e. The third kappa shape index (κ3) is 28.3. The fourth-order valence-electron chi connectivity index (χ4n) is 9.35. The van der Waals surface area contributed by atoms with Crippen LogP contribution in [0.3, 0.4) is 0 Å². The molecule has 386 valence electrons. The number of carboxylic acid groups (broad SMARTS) is 1. The lowest BCUT2D eigenvalue weighted by molar-refractivity contribution is -0.231. The van der Waals surface area contributed by atoms with Crippen molar-refractivity contribution in [2.45, 2.75) is 275 Å². The van der Waals surface area contributed by atoms with Crippen molar-refractivity contribution in [2.24, 2.45) is 0 Å². The Morgan fingerprint density at radius 3 is 1.45 bits per heavy atom. The molecule has 6 N–H and O–H groups in total. The molecule has 1 heterocycles. The van der Waals surface area contributed by atoms with Crippen molar-refractivity contribution < 1.29 is 44.3 Å². The van der Waals surface area contributed by atoms with E-state index in [0.29, 0.717) is 19.4 Å². The molecule has 0 aliphatic carbocycles. The van der Waals surface area contributed by atoms with Crippen molar-refractivity contribution >= 4 is 23.7 Å². The predicted octanol–water partition coefficient (Wildman–Crippen LogP) is 10.9. The van der Waals surface area contributed by atoms with Crippen LogP contribution in [-0.4, -0.2) is 98.8 Å². The number of unbranched alkanes of at least 4 members (excludes halogenated alkanes) is 29. The summed E-state index contributed by atoms with van der Waals surface area (Å²) in [5, 5.41) is 47.5. The maximum absolute atomic E-state index is 14.3. The number of amides is 3. The molecule has 1 aliphatic rings. The summed E-state index contributed by atoms with van der Waals surface area (Å²) in [4.78, 5) is 54.0. The second-order valence-electron chi connectivity index (χ2n) is 19.6. The Labute approximate surface area is 406 Å². The number of aliphatic hydroxyl groups is 3. The minimum Gasteiger partial charge on any atom is -0.481 e. The second kappa shape index (κ2) is 39.8. The van der Waals surface area contributed by atoms with Gasteiger partial charge in [0.1, 0.15) is 30.4 Å². The van der Waals surface area contributed by atoms with Gasteiger partial charge in [-0.3, -0.25) is 19.2 Å². The second-order valence-corrected chi connectivity index (χ2v) is 19.6. The molecule has 6 atom stereocenters. The highest BCUT2D eigenvalue weighted by Gasteiger charge is 2.48. The molecule has 3 amide bonds. The van der Waals surface area contributed by atoms with Crippen LogP contribution in [0, 0.1) is 0 Å². The Morgan fingerprint density at radius 2 is 1.01 bits per heavy atom. The minimum atomic E-state index is -1.60. The summed E-state index contributed by atoms with van der Waals surface area (Å²) in [5.41, 5.74) is 0.738. The van der Waals surface area contributed by atoms with Crippen LogP contribution < -0.4 is 10.6 Å². The van der Waals surface area contributed by atoms with E-state index < -0.39 is 67.4 Å². The van der Waals surface area contributed by atoms with Crippen LogP contribution in [0.4, 0.5) is 0 Å². The number of hydrogen-bond donors (Lipinski definition) is 6. The highest BCUT2D eigenvalue weighted by Crippen LogP contribution is 2.27. The number of rotatable bonds is 43. The van der Waals surface area contributed by atoms with Crippen molar-refractivity contribution in [1.82, 2.24) is 15.5 Å². The van der Waals surface area contributed by atoms with Gasteiger partial charge in [0.2, 0.25) is 17.7 Å². The summed E-state index contributed by atoms with van der Waals surface area (Å²) in [6.07, 6.45) is 31.6. The van der Waals surface area contributed by atoms with Gasteiger partial charge in [-0.25, -0.2) is 0 Å². The van der Waals surface area contributed by atoms with E-state index in [4.69, 9.17) is 9.84 Å². The number of aliphatic hydroxyl groups excluding tert-OH is 3. The largest absolute Gasteiger partial charge is 0.481 e. The lowest BCUT2D eigenvalue weighted by Crippen LogP contribution is -2.70. The van der Waals surface area contributed by atoms with Crippen molar-refractivity contribution in [2.75, 3.05) is 13.2 Å². The highest BCUT2D eigenvalue weighted by atomic mass is 16.5. The Balaban J connectivity index is 2.05. The Hall–Kier alpha value is -3.06. The molecule has 2 rings (SSSR count). The summed E-state index contributed by atoms with van der Waals surface area (Å²) < 4.78 is 6.24. The lowest BCUT2D eigenvalue weighted by atomic mass is 9.94. The summed E-state index contributed by atoms with van der Waals surface area (Å²) in [7, 11) is 0. The number of aliphatic carboxylic acids is 1. The number of nitrogens with zero attached hydrogens (tertiary/aromatic N) is 1. The van der Waals surface area contributed by atoms with Gasteiger partial charge in [0.15, 0.2) is 6.23 Å². The van der Waals surface area contributed by atoms with E-state index >= 15 is 0 Å². The third-order valence-electron chi connectivity index (χ3n) is 13.6. The van der Waals surface area contributed by atoms with Crippen molar-refractivity contribution in [1.29, 1.82) is 0 Å². The van der Waals surface area contributed by atoms with Crippen molar-refractivity contribution in [3.63, 3.8) is 0 Å². The van der Waals surface area contributed by atoms with Crippen LogP contribution >= 0.6 is 0 Å². The molecule has 0 aromatic heterocycles. The fraction of sp³-hybridized carbons (Fsp3) is 0.818. The zero-order chi connectivity index (χ0) is 48.7. The van der Waals surface area contributed by atoms with Crippen LogP contribution in [0.2, 0.25) is 0 Å². The van der Waals surface area contributed by atoms with Gasteiger partial charge in [-0.1, -0.05) is 230 Å². The van der Waals surface area contributed by atoms with Crippen LogP contribution in [0.15, 0.2) is 30.3 Å². The van der Waals surface area contributed by atoms with E-state index in [2.05, 4.69) is 24.5 Å². The van der Waals surface area contributed by atoms with Crippen LogP contribution in [0.25, 0.3) is 0 Å². The van der Waals surface area contributed by atoms with E-state index in [1.54, 1.807) is 29.2 Å². The monoisotopic (exact) mass is 944 g/mol. The lowest BCUT2D eigenvalue weighted by Gasteiger charge is -2.47. The molecule has 12 nitrogen and oxygen atoms in total. The standard InChI is InChI=1S/C55H97N3O9/c1-3-5-7-9-11-13-15-17-19-21-23-25-27-29-31-36-42-58(49(61)39-35-30-28-26-24-22-20-18-16-14-12-10-8-6-4-2)55-51(53(65)52(64)47(44-59)67-55)57-54(66)46(43-45-37-33-32-34-38-45)56-48(60)40-41-50(62)63/h32-34,37-38,46-47,51-53,55,59,64-65H,3-31,35-36,39-44H2,1-2H3,(H,56,60)(H,57,66)(H,62,63)/t46-,47+,51+,52+,53+,55+/m0/s1. The zero-order valence-corrected chi connectivity index (χ0v) is 42.3. The SMILES string of the molecule is CCCCCCCCCCCCCCCCCCN(C(=O)CCCCCCCCCCCCCCCCC)[C@@H]1O[C@H](CO)[C@@H](O)[C@H](O)[C@H]1NC(=O)[C@H](Cc1ccccc1)NC(=O)CCC(=O)O. The summed E-state index contributed by atoms with van der Waals surface area (Å²) >= 11 is 0. The molecule has 12 heteroatoms. The van der Waals surface area contributed by atoms with Crippen LogP contribution in [-0.2, 0) is 30.3 Å². The van der Waals surface area contributed by atoms with Gasteiger partial charge in [-0.05, 0) is 18.4 Å². The molecule has 1 saturated heterocycles. The quantitative estimate of drug-likeness (QED) is 0.0347. The predicted molar refractivity (Wildman–Crippen MR) is 269 cm³/mol. The Bertz CT molecular complexity index is 1400. The first-order valence-electron chi connectivity index (χ1n) is 27.4. The maximum atomic E-state index is 14.3. The molecular weight excluding hydrogens is 847 g/mol. The van der Waals surface area contributed by atoms with Gasteiger partial charge < -0.3 is 40.7 Å². The molecule has 1 fully saturated rings. The molecule has 0 spiro atoms. The molecule has 1 aliphatic heterocycles. The number of ether oxygens (including phenoxy) is 1. The topological polar surface area (TPSA) is 186 Å². The molecule has 67 heavy (non-hydrogen) atoms. The summed E-state index contributed by atoms with van der Waals surface area (Å²) in [6.45, 7) is 4.22. The zero-order valence-electron chi connectivity index (χ0n) is 42.3. The smallest absolute Gasteiger partial charge is 0.303 e. The molecule has 0 bridgehead atoms. The van der Waals surface area contributed by atoms with E-state index in [9.17, 15) is 34.5 Å². The summed E-state index contributed by atoms with van der Waals surface area (Å²) in [6, 6.07) is 6.59. The number of carboxylic acids is 1. The average Bonchev–Trinajstić information content (AvgIpc) is 3.32. The van der Waals surface area contributed by atoms with E-state index in [1.165, 1.54) is 148 Å². The van der Waals surface area contributed by atoms with Gasteiger partial charge >= 0.3 is 5.97 Å². The molecule has 1 aromatic rings. The first kappa shape index (κ1) is 60.1. The number of nitrogens with one attached hydrogen (secondary N) is 2. The molecule has 0 radical (unpaired) electrons. The molecule has 0 saturated carbocycles. The fourth-order valence-corrected chi connectivity index (χ4v) is 9.35. The normalized spacial score (nSPS) is 18.7. The van der Waals surface area contributed by atoms with Gasteiger partial charge in [0.25, 0.3) is 0 Å². The van der Waals surface area contributed by atoms with Crippen LogP contribution in [0.1, 0.15) is 238 Å². The average molecular weight is 944 g/mol. The van der Waals surface area contributed by atoms with E-state index in [0.717, 1.165) is 44.1 Å². The third-order valence-corrected chi connectivity index (χ3v) is 13.6. The van der Waals surface area contributed by atoms with Crippen molar-refractivity contribution in [3.8, 4) is 0 Å². The number of hydrogen-bond acceptors (Lipinski definition) is 8. The number of carbonyl (C=O) groups excluding carboxylic acids is 3.